The molecule has 1 aromatic heterocycles. The van der Waals surface area contributed by atoms with Gasteiger partial charge in [0.25, 0.3) is 0 Å². The lowest BCUT2D eigenvalue weighted by Crippen LogP contribution is -2.04. The fraction of sp³-hybridized carbons (Fsp3) is 0.143. The molecule has 0 atom stereocenters. The van der Waals surface area contributed by atoms with E-state index in [1.807, 2.05) is 0 Å². The van der Waals surface area contributed by atoms with Gasteiger partial charge in [-0.1, -0.05) is 0 Å². The highest BCUT2D eigenvalue weighted by atomic mass is 16.5. The number of carbonyl (C=O) groups excluding carboxylic acids is 1. The van der Waals surface area contributed by atoms with Gasteiger partial charge in [-0.05, 0) is 42.0 Å². The number of hydrogen-bond acceptors (Lipinski definition) is 7. The summed E-state index contributed by atoms with van der Waals surface area (Å²) in [7, 11) is 4.53. The molecule has 7 nitrogen and oxygen atoms in total. The first-order valence-corrected chi connectivity index (χ1v) is 8.28. The molecule has 0 amide bonds. The predicted octanol–water partition coefficient (Wildman–Crippen LogP) is 3.44. The van der Waals surface area contributed by atoms with Crippen LogP contribution in [-0.4, -0.2) is 27.3 Å². The van der Waals surface area contributed by atoms with E-state index in [1.54, 1.807) is 36.4 Å². The SMILES string of the molecule is COc1cc(/C=C/C(=O)Oc2ccc3ccc(=O)oc3c2)cc(OC)c1OC. The van der Waals surface area contributed by atoms with Crippen molar-refractivity contribution in [1.29, 1.82) is 0 Å². The minimum atomic E-state index is -0.591. The zero-order chi connectivity index (χ0) is 20.1. The maximum absolute atomic E-state index is 12.1. The predicted molar refractivity (Wildman–Crippen MR) is 103 cm³/mol. The smallest absolute Gasteiger partial charge is 0.336 e. The maximum Gasteiger partial charge on any atom is 0.336 e. The number of esters is 1. The molecule has 144 valence electrons. The molecule has 7 heteroatoms. The summed E-state index contributed by atoms with van der Waals surface area (Å²) < 4.78 is 26.2. The number of hydrogen-bond donors (Lipinski definition) is 0. The summed E-state index contributed by atoms with van der Waals surface area (Å²) in [5, 5.41) is 0.729. The molecular weight excluding hydrogens is 364 g/mol. The number of methoxy groups -OCH3 is 3. The minimum Gasteiger partial charge on any atom is -0.493 e. The number of carbonyl (C=O) groups is 1. The molecule has 0 N–H and O–H groups in total. The Balaban J connectivity index is 1.79. The monoisotopic (exact) mass is 382 g/mol. The van der Waals surface area contributed by atoms with Crippen molar-refractivity contribution in [2.24, 2.45) is 0 Å². The molecule has 0 saturated carbocycles. The molecule has 28 heavy (non-hydrogen) atoms. The average Bonchev–Trinajstić information content (AvgIpc) is 2.71. The van der Waals surface area contributed by atoms with E-state index in [1.165, 1.54) is 39.5 Å². The summed E-state index contributed by atoms with van der Waals surface area (Å²) >= 11 is 0. The first-order valence-electron chi connectivity index (χ1n) is 8.28. The first kappa shape index (κ1) is 19.0. The number of fused-ring (bicyclic) bond motifs is 1. The molecule has 2 aromatic carbocycles. The first-order chi connectivity index (χ1) is 13.5. The van der Waals surface area contributed by atoms with Crippen LogP contribution in [0.1, 0.15) is 5.56 Å². The second kappa shape index (κ2) is 8.30. The Labute approximate surface area is 160 Å². The van der Waals surface area contributed by atoms with E-state index < -0.39 is 11.6 Å². The van der Waals surface area contributed by atoms with E-state index in [-0.39, 0.29) is 5.75 Å². The third-order valence-corrected chi connectivity index (χ3v) is 3.91. The van der Waals surface area contributed by atoms with Crippen molar-refractivity contribution in [3.05, 3.63) is 64.5 Å². The summed E-state index contributed by atoms with van der Waals surface area (Å²) in [5.41, 5.74) is 0.528. The van der Waals surface area contributed by atoms with Crippen LogP contribution in [0.25, 0.3) is 17.0 Å². The summed E-state index contributed by atoms with van der Waals surface area (Å²) in [4.78, 5) is 23.4. The lowest BCUT2D eigenvalue weighted by atomic mass is 10.1. The van der Waals surface area contributed by atoms with Crippen LogP contribution in [0.15, 0.2) is 57.8 Å². The van der Waals surface area contributed by atoms with Gasteiger partial charge in [0, 0.05) is 23.6 Å². The molecule has 1 heterocycles. The lowest BCUT2D eigenvalue weighted by Gasteiger charge is -2.12. The van der Waals surface area contributed by atoms with Crippen LogP contribution in [0.4, 0.5) is 0 Å². The zero-order valence-corrected chi connectivity index (χ0v) is 15.6. The van der Waals surface area contributed by atoms with E-state index in [2.05, 4.69) is 0 Å². The Hall–Kier alpha value is -3.74. The number of benzene rings is 2. The molecule has 0 radical (unpaired) electrons. The molecule has 3 rings (SSSR count). The van der Waals surface area contributed by atoms with Gasteiger partial charge >= 0.3 is 11.6 Å². The van der Waals surface area contributed by atoms with Gasteiger partial charge in [0.15, 0.2) is 11.5 Å². The van der Waals surface area contributed by atoms with Crippen molar-refractivity contribution in [3.8, 4) is 23.0 Å². The van der Waals surface area contributed by atoms with E-state index in [0.29, 0.717) is 28.4 Å². The van der Waals surface area contributed by atoms with E-state index in [0.717, 1.165) is 5.39 Å². The molecule has 0 aliphatic heterocycles. The Morgan fingerprint density at radius 3 is 2.25 bits per heavy atom. The largest absolute Gasteiger partial charge is 0.493 e. The van der Waals surface area contributed by atoms with Gasteiger partial charge in [-0.15, -0.1) is 0 Å². The molecule has 0 bridgehead atoms. The molecule has 3 aromatic rings. The van der Waals surface area contributed by atoms with Crippen molar-refractivity contribution in [2.75, 3.05) is 21.3 Å². The highest BCUT2D eigenvalue weighted by molar-refractivity contribution is 5.89. The van der Waals surface area contributed by atoms with Gasteiger partial charge < -0.3 is 23.4 Å². The normalized spacial score (nSPS) is 10.8. The highest BCUT2D eigenvalue weighted by Gasteiger charge is 2.12. The summed E-state index contributed by atoms with van der Waals surface area (Å²) in [6.07, 6.45) is 2.83. The average molecular weight is 382 g/mol. The number of ether oxygens (including phenoxy) is 4. The van der Waals surface area contributed by atoms with Crippen molar-refractivity contribution >= 4 is 23.0 Å². The molecule has 0 unspecified atom stereocenters. The van der Waals surface area contributed by atoms with Crippen LogP contribution in [-0.2, 0) is 4.79 Å². The molecule has 0 spiro atoms. The second-order valence-corrected chi connectivity index (χ2v) is 5.67. The van der Waals surface area contributed by atoms with Gasteiger partial charge in [0.1, 0.15) is 11.3 Å². The Morgan fingerprint density at radius 1 is 0.929 bits per heavy atom. The third-order valence-electron chi connectivity index (χ3n) is 3.91. The fourth-order valence-corrected chi connectivity index (χ4v) is 2.62. The van der Waals surface area contributed by atoms with Crippen molar-refractivity contribution in [3.63, 3.8) is 0 Å². The minimum absolute atomic E-state index is 0.265. The van der Waals surface area contributed by atoms with Crippen LogP contribution in [0, 0.1) is 0 Å². The van der Waals surface area contributed by atoms with Crippen LogP contribution in [0.2, 0.25) is 0 Å². The molecular formula is C21H18O7. The van der Waals surface area contributed by atoms with Gasteiger partial charge in [0.2, 0.25) is 5.75 Å². The Kier molecular flexibility index (Phi) is 5.64. The van der Waals surface area contributed by atoms with Crippen LogP contribution < -0.4 is 24.6 Å². The highest BCUT2D eigenvalue weighted by Crippen LogP contribution is 2.38. The summed E-state index contributed by atoms with van der Waals surface area (Å²) in [5.74, 6) is 1.08. The van der Waals surface area contributed by atoms with E-state index >= 15 is 0 Å². The Bertz CT molecular complexity index is 1070. The summed E-state index contributed by atoms with van der Waals surface area (Å²) in [6, 6.07) is 11.2. The van der Waals surface area contributed by atoms with Crippen molar-refractivity contribution in [2.45, 2.75) is 0 Å². The van der Waals surface area contributed by atoms with E-state index in [4.69, 9.17) is 23.4 Å². The van der Waals surface area contributed by atoms with Gasteiger partial charge in [-0.3, -0.25) is 0 Å². The van der Waals surface area contributed by atoms with Gasteiger partial charge in [-0.25, -0.2) is 9.59 Å². The van der Waals surface area contributed by atoms with Crippen molar-refractivity contribution < 1.29 is 28.2 Å². The van der Waals surface area contributed by atoms with Crippen LogP contribution in [0.3, 0.4) is 0 Å². The second-order valence-electron chi connectivity index (χ2n) is 5.67. The Morgan fingerprint density at radius 2 is 1.61 bits per heavy atom. The molecule has 0 aliphatic carbocycles. The maximum atomic E-state index is 12.1. The standard InChI is InChI=1S/C21H18O7/c1-24-17-10-13(11-18(25-2)21(17)26-3)4-8-19(22)27-15-7-5-14-6-9-20(23)28-16(14)12-15/h4-12H,1-3H3/b8-4+. The van der Waals surface area contributed by atoms with Gasteiger partial charge in [-0.2, -0.15) is 0 Å². The summed E-state index contributed by atoms with van der Waals surface area (Å²) in [6.45, 7) is 0. The molecule has 0 aliphatic rings. The fourth-order valence-electron chi connectivity index (χ4n) is 2.62. The van der Waals surface area contributed by atoms with Crippen LogP contribution >= 0.6 is 0 Å². The van der Waals surface area contributed by atoms with Crippen LogP contribution in [0.5, 0.6) is 23.0 Å². The molecule has 0 fully saturated rings. The quantitative estimate of drug-likeness (QED) is 0.279. The van der Waals surface area contributed by atoms with Gasteiger partial charge in [0.05, 0.1) is 21.3 Å². The van der Waals surface area contributed by atoms with E-state index in [9.17, 15) is 9.59 Å². The number of rotatable bonds is 6. The van der Waals surface area contributed by atoms with Crippen molar-refractivity contribution in [1.82, 2.24) is 0 Å². The molecule has 0 saturated heterocycles. The topological polar surface area (TPSA) is 84.2 Å². The lowest BCUT2D eigenvalue weighted by molar-refractivity contribution is -0.128. The zero-order valence-electron chi connectivity index (χ0n) is 15.6. The third kappa shape index (κ3) is 4.15.